The first kappa shape index (κ1) is 19.9. The number of para-hydroxylation sites is 1. The first-order valence-corrected chi connectivity index (χ1v) is 10.1. The van der Waals surface area contributed by atoms with Crippen LogP contribution in [0.5, 0.6) is 0 Å². The molecule has 2 aromatic rings. The van der Waals surface area contributed by atoms with Gasteiger partial charge < -0.3 is 15.5 Å². The van der Waals surface area contributed by atoms with Crippen molar-refractivity contribution in [3.63, 3.8) is 0 Å². The van der Waals surface area contributed by atoms with Crippen LogP contribution in [0.1, 0.15) is 44.6 Å². The van der Waals surface area contributed by atoms with E-state index in [1.54, 1.807) is 4.90 Å². The Balaban J connectivity index is 1.47. The second-order valence-electron chi connectivity index (χ2n) is 7.48. The average molecular weight is 380 g/mol. The zero-order chi connectivity index (χ0) is 19.9. The average Bonchev–Trinajstić information content (AvgIpc) is 2.74. The number of likely N-dealkylation sites (tertiary alicyclic amines) is 1. The van der Waals surface area contributed by atoms with Gasteiger partial charge >= 0.3 is 6.03 Å². The molecule has 5 nitrogen and oxygen atoms in total. The number of hydrogen-bond acceptors (Lipinski definition) is 2. The summed E-state index contributed by atoms with van der Waals surface area (Å²) < 4.78 is 0. The highest BCUT2D eigenvalue weighted by Gasteiger charge is 2.27. The standard InChI is InChI=1S/C23H29N3O2/c1-3-17(2)18-9-11-21(12-10-18)24-22(27)19-13-15-26(16-14-19)23(28)25-20-7-5-4-6-8-20/h4-12,17,19H,3,13-16H2,1-2H3,(H,24,27)(H,25,28)/t17-/m1/s1. The van der Waals surface area contributed by atoms with E-state index in [9.17, 15) is 9.59 Å². The van der Waals surface area contributed by atoms with Crippen molar-refractivity contribution in [3.8, 4) is 0 Å². The lowest BCUT2D eigenvalue weighted by atomic mass is 9.95. The predicted molar refractivity (Wildman–Crippen MR) is 114 cm³/mol. The molecular formula is C23H29N3O2. The van der Waals surface area contributed by atoms with Gasteiger partial charge in [-0.3, -0.25) is 4.79 Å². The van der Waals surface area contributed by atoms with E-state index in [2.05, 4.69) is 36.6 Å². The maximum Gasteiger partial charge on any atom is 0.321 e. The van der Waals surface area contributed by atoms with Crippen molar-refractivity contribution in [2.75, 3.05) is 23.7 Å². The molecule has 2 N–H and O–H groups in total. The molecule has 1 heterocycles. The molecule has 28 heavy (non-hydrogen) atoms. The van der Waals surface area contributed by atoms with E-state index in [0.29, 0.717) is 31.8 Å². The Hall–Kier alpha value is -2.82. The highest BCUT2D eigenvalue weighted by Crippen LogP contribution is 2.23. The number of piperidine rings is 1. The van der Waals surface area contributed by atoms with Gasteiger partial charge in [0.2, 0.25) is 5.91 Å². The molecule has 0 radical (unpaired) electrons. The summed E-state index contributed by atoms with van der Waals surface area (Å²) in [6.07, 6.45) is 2.46. The van der Waals surface area contributed by atoms with Crippen LogP contribution in [0.4, 0.5) is 16.2 Å². The van der Waals surface area contributed by atoms with Crippen LogP contribution in [0, 0.1) is 5.92 Å². The summed E-state index contributed by atoms with van der Waals surface area (Å²) in [5, 5.41) is 5.92. The normalized spacial score (nSPS) is 15.7. The first-order valence-electron chi connectivity index (χ1n) is 10.1. The van der Waals surface area contributed by atoms with Crippen LogP contribution in [0.15, 0.2) is 54.6 Å². The van der Waals surface area contributed by atoms with Gasteiger partial charge in [-0.1, -0.05) is 44.2 Å². The fourth-order valence-electron chi connectivity index (χ4n) is 3.44. The summed E-state index contributed by atoms with van der Waals surface area (Å²) in [6.45, 7) is 5.55. The van der Waals surface area contributed by atoms with Gasteiger partial charge in [-0.05, 0) is 55.0 Å². The molecule has 1 atom stereocenters. The van der Waals surface area contributed by atoms with Crippen LogP contribution >= 0.6 is 0 Å². The minimum atomic E-state index is -0.106. The molecule has 0 saturated carbocycles. The highest BCUT2D eigenvalue weighted by atomic mass is 16.2. The number of carbonyl (C=O) groups excluding carboxylic acids is 2. The molecule has 0 aromatic heterocycles. The number of rotatable bonds is 5. The minimum Gasteiger partial charge on any atom is -0.326 e. The minimum absolute atomic E-state index is 0.0411. The Kier molecular flexibility index (Phi) is 6.69. The van der Waals surface area contributed by atoms with E-state index in [1.165, 1.54) is 5.56 Å². The zero-order valence-corrected chi connectivity index (χ0v) is 16.7. The van der Waals surface area contributed by atoms with E-state index in [1.807, 2.05) is 42.5 Å². The van der Waals surface area contributed by atoms with E-state index in [0.717, 1.165) is 17.8 Å². The summed E-state index contributed by atoms with van der Waals surface area (Å²) in [6, 6.07) is 17.4. The molecule has 1 aliphatic rings. The van der Waals surface area contributed by atoms with Gasteiger partial charge in [0.05, 0.1) is 0 Å². The van der Waals surface area contributed by atoms with E-state index in [-0.39, 0.29) is 17.9 Å². The second kappa shape index (κ2) is 9.40. The van der Waals surface area contributed by atoms with Crippen molar-refractivity contribution >= 4 is 23.3 Å². The number of nitrogens with zero attached hydrogens (tertiary/aromatic N) is 1. The zero-order valence-electron chi connectivity index (χ0n) is 16.7. The third-order valence-corrected chi connectivity index (χ3v) is 5.54. The molecule has 3 rings (SSSR count). The Morgan fingerprint density at radius 2 is 1.57 bits per heavy atom. The third kappa shape index (κ3) is 5.12. The number of anilines is 2. The smallest absolute Gasteiger partial charge is 0.321 e. The van der Waals surface area contributed by atoms with Crippen molar-refractivity contribution in [1.82, 2.24) is 4.90 Å². The molecule has 3 amide bonds. The number of nitrogens with one attached hydrogen (secondary N) is 2. The van der Waals surface area contributed by atoms with E-state index < -0.39 is 0 Å². The van der Waals surface area contributed by atoms with Crippen molar-refractivity contribution in [3.05, 3.63) is 60.2 Å². The van der Waals surface area contributed by atoms with Crippen molar-refractivity contribution in [2.24, 2.45) is 5.92 Å². The van der Waals surface area contributed by atoms with Crippen molar-refractivity contribution in [1.29, 1.82) is 0 Å². The summed E-state index contributed by atoms with van der Waals surface area (Å²) in [5.74, 6) is 0.505. The van der Waals surface area contributed by atoms with Gasteiger partial charge in [-0.2, -0.15) is 0 Å². The van der Waals surface area contributed by atoms with E-state index >= 15 is 0 Å². The molecule has 0 aliphatic carbocycles. The van der Waals surface area contributed by atoms with Crippen molar-refractivity contribution in [2.45, 2.75) is 39.0 Å². The fraction of sp³-hybridized carbons (Fsp3) is 0.391. The molecule has 1 saturated heterocycles. The van der Waals surface area contributed by atoms with Crippen LogP contribution in [0.2, 0.25) is 0 Å². The molecule has 148 valence electrons. The van der Waals surface area contributed by atoms with Crippen LogP contribution in [-0.4, -0.2) is 29.9 Å². The Morgan fingerprint density at radius 3 is 2.18 bits per heavy atom. The van der Waals surface area contributed by atoms with Crippen molar-refractivity contribution < 1.29 is 9.59 Å². The van der Waals surface area contributed by atoms with Gasteiger partial charge in [0.1, 0.15) is 0 Å². The molecule has 0 bridgehead atoms. The molecule has 1 aliphatic heterocycles. The molecule has 2 aromatic carbocycles. The van der Waals surface area contributed by atoms with Gasteiger partial charge in [0.15, 0.2) is 0 Å². The topological polar surface area (TPSA) is 61.4 Å². The van der Waals surface area contributed by atoms with Gasteiger partial charge in [0.25, 0.3) is 0 Å². The maximum atomic E-state index is 12.6. The Labute approximate surface area is 167 Å². The lowest BCUT2D eigenvalue weighted by molar-refractivity contribution is -0.121. The Bertz CT molecular complexity index is 781. The van der Waals surface area contributed by atoms with E-state index in [4.69, 9.17) is 0 Å². The van der Waals surface area contributed by atoms with Gasteiger partial charge in [-0.15, -0.1) is 0 Å². The third-order valence-electron chi connectivity index (χ3n) is 5.54. The van der Waals surface area contributed by atoms with Crippen LogP contribution in [0.25, 0.3) is 0 Å². The monoisotopic (exact) mass is 379 g/mol. The summed E-state index contributed by atoms with van der Waals surface area (Å²) in [5.41, 5.74) is 2.91. The Morgan fingerprint density at radius 1 is 0.964 bits per heavy atom. The molecule has 5 heteroatoms. The molecule has 0 unspecified atom stereocenters. The summed E-state index contributed by atoms with van der Waals surface area (Å²) in [7, 11) is 0. The summed E-state index contributed by atoms with van der Waals surface area (Å²) >= 11 is 0. The second-order valence-corrected chi connectivity index (χ2v) is 7.48. The fourth-order valence-corrected chi connectivity index (χ4v) is 3.44. The van der Waals surface area contributed by atoms with Gasteiger partial charge in [0, 0.05) is 30.4 Å². The molecular weight excluding hydrogens is 350 g/mol. The van der Waals surface area contributed by atoms with Crippen LogP contribution < -0.4 is 10.6 Å². The highest BCUT2D eigenvalue weighted by molar-refractivity contribution is 5.93. The summed E-state index contributed by atoms with van der Waals surface area (Å²) in [4.78, 5) is 26.7. The largest absolute Gasteiger partial charge is 0.326 e. The number of hydrogen-bond donors (Lipinski definition) is 2. The lowest BCUT2D eigenvalue weighted by Crippen LogP contribution is -2.43. The van der Waals surface area contributed by atoms with Crippen LogP contribution in [0.3, 0.4) is 0 Å². The quantitative estimate of drug-likeness (QED) is 0.761. The lowest BCUT2D eigenvalue weighted by Gasteiger charge is -2.31. The molecule has 1 fully saturated rings. The number of carbonyl (C=O) groups is 2. The number of amides is 3. The first-order chi connectivity index (χ1) is 13.6. The molecule has 0 spiro atoms. The SMILES string of the molecule is CC[C@@H](C)c1ccc(NC(=O)C2CCN(C(=O)Nc3ccccc3)CC2)cc1. The maximum absolute atomic E-state index is 12.6. The van der Waals surface area contributed by atoms with Crippen LogP contribution in [-0.2, 0) is 4.79 Å². The van der Waals surface area contributed by atoms with Gasteiger partial charge in [-0.25, -0.2) is 4.79 Å². The number of urea groups is 1. The number of benzene rings is 2. The predicted octanol–water partition coefficient (Wildman–Crippen LogP) is 5.08.